The van der Waals surface area contributed by atoms with Crippen LogP contribution in [-0.4, -0.2) is 49.2 Å². The van der Waals surface area contributed by atoms with E-state index in [9.17, 15) is 0 Å². The van der Waals surface area contributed by atoms with Crippen molar-refractivity contribution in [1.29, 1.82) is 0 Å². The monoisotopic (exact) mass is 246 g/mol. The summed E-state index contributed by atoms with van der Waals surface area (Å²) in [6.45, 7) is 4.88. The van der Waals surface area contributed by atoms with E-state index in [-0.39, 0.29) is 0 Å². The first-order chi connectivity index (χ1) is 8.86. The SMILES string of the molecule is CNc1cncc(N2CCCN3CCCC3C2)c1. The van der Waals surface area contributed by atoms with Crippen molar-refractivity contribution in [2.24, 2.45) is 0 Å². The molecule has 1 N–H and O–H groups in total. The van der Waals surface area contributed by atoms with E-state index in [0.717, 1.165) is 24.8 Å². The molecule has 4 nitrogen and oxygen atoms in total. The molecule has 0 radical (unpaired) electrons. The number of fused-ring (bicyclic) bond motifs is 1. The molecule has 0 aromatic carbocycles. The molecule has 1 unspecified atom stereocenters. The van der Waals surface area contributed by atoms with E-state index in [0.29, 0.717) is 0 Å². The highest BCUT2D eigenvalue weighted by atomic mass is 15.3. The highest BCUT2D eigenvalue weighted by Gasteiger charge is 2.28. The normalized spacial score (nSPS) is 24.7. The van der Waals surface area contributed by atoms with Gasteiger partial charge in [0.05, 0.1) is 23.8 Å². The maximum absolute atomic E-state index is 4.33. The smallest absolute Gasteiger partial charge is 0.0574 e. The van der Waals surface area contributed by atoms with Crippen LogP contribution < -0.4 is 10.2 Å². The highest BCUT2D eigenvalue weighted by molar-refractivity contribution is 5.55. The minimum Gasteiger partial charge on any atom is -0.387 e. The Balaban J connectivity index is 1.78. The Morgan fingerprint density at radius 3 is 3.00 bits per heavy atom. The Morgan fingerprint density at radius 1 is 1.22 bits per heavy atom. The van der Waals surface area contributed by atoms with Gasteiger partial charge in [0.2, 0.25) is 0 Å². The summed E-state index contributed by atoms with van der Waals surface area (Å²) in [7, 11) is 1.95. The molecule has 2 aliphatic heterocycles. The molecule has 2 fully saturated rings. The van der Waals surface area contributed by atoms with Crippen molar-refractivity contribution in [3.63, 3.8) is 0 Å². The summed E-state index contributed by atoms with van der Waals surface area (Å²) in [5, 5.41) is 3.17. The predicted molar refractivity (Wildman–Crippen MR) is 75.2 cm³/mol. The maximum Gasteiger partial charge on any atom is 0.0574 e. The van der Waals surface area contributed by atoms with E-state index in [1.165, 1.54) is 38.0 Å². The van der Waals surface area contributed by atoms with Gasteiger partial charge in [-0.15, -0.1) is 0 Å². The average Bonchev–Trinajstić information content (AvgIpc) is 2.76. The standard InChI is InChI=1S/C14H22N4/c1-15-12-8-14(10-16-9-12)18-7-3-6-17-5-2-4-13(17)11-18/h8-10,13,15H,2-7,11H2,1H3. The second-order valence-electron chi connectivity index (χ2n) is 5.31. The van der Waals surface area contributed by atoms with Crippen molar-refractivity contribution in [2.45, 2.75) is 25.3 Å². The van der Waals surface area contributed by atoms with Gasteiger partial charge in [-0.1, -0.05) is 0 Å². The number of hydrogen-bond acceptors (Lipinski definition) is 4. The van der Waals surface area contributed by atoms with E-state index >= 15 is 0 Å². The van der Waals surface area contributed by atoms with Gasteiger partial charge in [-0.2, -0.15) is 0 Å². The summed E-state index contributed by atoms with van der Waals surface area (Å²) in [6.07, 6.45) is 7.86. The largest absolute Gasteiger partial charge is 0.387 e. The fraction of sp³-hybridized carbons (Fsp3) is 0.643. The van der Waals surface area contributed by atoms with Crippen LogP contribution in [0, 0.1) is 0 Å². The third-order valence-corrected chi connectivity index (χ3v) is 4.18. The summed E-state index contributed by atoms with van der Waals surface area (Å²) in [5.74, 6) is 0. The van der Waals surface area contributed by atoms with Crippen molar-refractivity contribution in [3.05, 3.63) is 18.5 Å². The van der Waals surface area contributed by atoms with Crippen molar-refractivity contribution in [3.8, 4) is 0 Å². The Morgan fingerprint density at radius 2 is 2.11 bits per heavy atom. The molecule has 0 bridgehead atoms. The van der Waals surface area contributed by atoms with Crippen LogP contribution in [0.25, 0.3) is 0 Å². The van der Waals surface area contributed by atoms with E-state index in [2.05, 4.69) is 26.2 Å². The first kappa shape index (κ1) is 11.8. The van der Waals surface area contributed by atoms with Crippen LogP contribution in [-0.2, 0) is 0 Å². The molecule has 1 aromatic rings. The van der Waals surface area contributed by atoms with Crippen LogP contribution in [0.5, 0.6) is 0 Å². The predicted octanol–water partition coefficient (Wildman–Crippen LogP) is 1.80. The van der Waals surface area contributed by atoms with Crippen LogP contribution in [0.4, 0.5) is 11.4 Å². The molecule has 2 saturated heterocycles. The molecule has 3 heterocycles. The molecule has 98 valence electrons. The molecule has 0 spiro atoms. The number of hydrogen-bond donors (Lipinski definition) is 1. The topological polar surface area (TPSA) is 31.4 Å². The molecular formula is C14H22N4. The number of nitrogens with one attached hydrogen (secondary N) is 1. The van der Waals surface area contributed by atoms with Crippen molar-refractivity contribution in [2.75, 3.05) is 43.4 Å². The summed E-state index contributed by atoms with van der Waals surface area (Å²) in [6, 6.07) is 2.96. The fourth-order valence-corrected chi connectivity index (χ4v) is 3.18. The molecule has 0 amide bonds. The van der Waals surface area contributed by atoms with Gasteiger partial charge < -0.3 is 10.2 Å². The number of anilines is 2. The quantitative estimate of drug-likeness (QED) is 0.862. The second kappa shape index (κ2) is 5.14. The molecular weight excluding hydrogens is 224 g/mol. The summed E-state index contributed by atoms with van der Waals surface area (Å²) >= 11 is 0. The van der Waals surface area contributed by atoms with Gasteiger partial charge in [-0.05, 0) is 31.9 Å². The van der Waals surface area contributed by atoms with Crippen LogP contribution in [0.15, 0.2) is 18.5 Å². The zero-order valence-electron chi connectivity index (χ0n) is 11.1. The van der Waals surface area contributed by atoms with Crippen molar-refractivity contribution < 1.29 is 0 Å². The molecule has 1 aromatic heterocycles. The zero-order valence-corrected chi connectivity index (χ0v) is 11.1. The minimum atomic E-state index is 0.755. The van der Waals surface area contributed by atoms with E-state index in [4.69, 9.17) is 0 Å². The Bertz CT molecular complexity index is 407. The van der Waals surface area contributed by atoms with Gasteiger partial charge in [0, 0.05) is 32.7 Å². The van der Waals surface area contributed by atoms with Gasteiger partial charge in [-0.3, -0.25) is 9.88 Å². The highest BCUT2D eigenvalue weighted by Crippen LogP contribution is 2.25. The fourth-order valence-electron chi connectivity index (χ4n) is 3.18. The van der Waals surface area contributed by atoms with E-state index in [1.54, 1.807) is 0 Å². The van der Waals surface area contributed by atoms with Crippen LogP contribution >= 0.6 is 0 Å². The molecule has 18 heavy (non-hydrogen) atoms. The zero-order chi connectivity index (χ0) is 12.4. The number of aromatic nitrogens is 1. The average molecular weight is 246 g/mol. The molecule has 1 atom stereocenters. The number of nitrogens with zero attached hydrogens (tertiary/aromatic N) is 3. The van der Waals surface area contributed by atoms with Gasteiger partial charge in [-0.25, -0.2) is 0 Å². The lowest BCUT2D eigenvalue weighted by molar-refractivity contribution is 0.273. The first-order valence-electron chi connectivity index (χ1n) is 6.98. The molecule has 4 heteroatoms. The Kier molecular flexibility index (Phi) is 3.37. The van der Waals surface area contributed by atoms with Gasteiger partial charge >= 0.3 is 0 Å². The molecule has 0 aliphatic carbocycles. The molecule has 0 saturated carbocycles. The van der Waals surface area contributed by atoms with Gasteiger partial charge in [0.15, 0.2) is 0 Å². The second-order valence-corrected chi connectivity index (χ2v) is 5.31. The first-order valence-corrected chi connectivity index (χ1v) is 6.98. The summed E-state index contributed by atoms with van der Waals surface area (Å²) in [4.78, 5) is 9.49. The lowest BCUT2D eigenvalue weighted by Crippen LogP contribution is -2.36. The third-order valence-electron chi connectivity index (χ3n) is 4.18. The summed E-state index contributed by atoms with van der Waals surface area (Å²) < 4.78 is 0. The van der Waals surface area contributed by atoms with Crippen molar-refractivity contribution >= 4 is 11.4 Å². The summed E-state index contributed by atoms with van der Waals surface area (Å²) in [5.41, 5.74) is 2.36. The van der Waals surface area contributed by atoms with Crippen LogP contribution in [0.3, 0.4) is 0 Å². The molecule has 2 aliphatic rings. The number of rotatable bonds is 2. The Labute approximate surface area is 109 Å². The minimum absolute atomic E-state index is 0.755. The third kappa shape index (κ3) is 2.29. The Hall–Kier alpha value is -1.29. The van der Waals surface area contributed by atoms with Crippen molar-refractivity contribution in [1.82, 2.24) is 9.88 Å². The van der Waals surface area contributed by atoms with Crippen LogP contribution in [0.1, 0.15) is 19.3 Å². The lowest BCUT2D eigenvalue weighted by Gasteiger charge is -2.27. The van der Waals surface area contributed by atoms with E-state index < -0.39 is 0 Å². The van der Waals surface area contributed by atoms with Gasteiger partial charge in [0.1, 0.15) is 0 Å². The molecule has 3 rings (SSSR count). The van der Waals surface area contributed by atoms with Gasteiger partial charge in [0.25, 0.3) is 0 Å². The number of pyridine rings is 1. The van der Waals surface area contributed by atoms with Crippen LogP contribution in [0.2, 0.25) is 0 Å². The van der Waals surface area contributed by atoms with E-state index in [1.807, 2.05) is 19.4 Å². The lowest BCUT2D eigenvalue weighted by atomic mass is 10.2. The maximum atomic E-state index is 4.33.